The molecule has 1 nitrogen and oxygen atoms in total. The smallest absolute Gasteiger partial charge is 0.0517 e. The standard InChI is InChI=1S/C16H17N/c1-12-6-8-14(9-7-12)16-11-10-13-4-2-3-5-15(13)17-16/h2-9,16-17H,10-11H2,1H3/t16-/m0/s1. The average molecular weight is 223 g/mol. The van der Waals surface area contributed by atoms with Crippen LogP contribution in [0, 0.1) is 6.92 Å². The Bertz CT molecular complexity index is 513. The van der Waals surface area contributed by atoms with E-state index in [9.17, 15) is 0 Å². The maximum absolute atomic E-state index is 3.63. The first kappa shape index (κ1) is 10.4. The van der Waals surface area contributed by atoms with Crippen molar-refractivity contribution in [3.63, 3.8) is 0 Å². The highest BCUT2D eigenvalue weighted by Crippen LogP contribution is 2.32. The van der Waals surface area contributed by atoms with Crippen molar-refractivity contribution in [1.29, 1.82) is 0 Å². The predicted molar refractivity (Wildman–Crippen MR) is 72.3 cm³/mol. The van der Waals surface area contributed by atoms with Gasteiger partial charge in [0.2, 0.25) is 0 Å². The Balaban J connectivity index is 1.86. The molecule has 0 radical (unpaired) electrons. The largest absolute Gasteiger partial charge is 0.378 e. The van der Waals surface area contributed by atoms with Crippen LogP contribution in [0.4, 0.5) is 5.69 Å². The van der Waals surface area contributed by atoms with Crippen LogP contribution in [0.5, 0.6) is 0 Å². The minimum absolute atomic E-state index is 0.463. The number of para-hydroxylation sites is 1. The lowest BCUT2D eigenvalue weighted by molar-refractivity contribution is 0.668. The van der Waals surface area contributed by atoms with E-state index in [-0.39, 0.29) is 0 Å². The molecular weight excluding hydrogens is 206 g/mol. The molecule has 1 aliphatic rings. The van der Waals surface area contributed by atoms with Crippen LogP contribution in [-0.4, -0.2) is 0 Å². The van der Waals surface area contributed by atoms with Gasteiger partial charge in [0.1, 0.15) is 0 Å². The van der Waals surface area contributed by atoms with Crippen molar-refractivity contribution >= 4 is 5.69 Å². The fourth-order valence-electron chi connectivity index (χ4n) is 2.49. The van der Waals surface area contributed by atoms with Gasteiger partial charge in [-0.15, -0.1) is 0 Å². The summed E-state index contributed by atoms with van der Waals surface area (Å²) in [5.41, 5.74) is 5.45. The minimum atomic E-state index is 0.463. The Morgan fingerprint density at radius 3 is 2.59 bits per heavy atom. The quantitative estimate of drug-likeness (QED) is 0.767. The van der Waals surface area contributed by atoms with Gasteiger partial charge in [0.15, 0.2) is 0 Å². The van der Waals surface area contributed by atoms with Gasteiger partial charge >= 0.3 is 0 Å². The summed E-state index contributed by atoms with van der Waals surface area (Å²) in [7, 11) is 0. The molecule has 1 N–H and O–H groups in total. The van der Waals surface area contributed by atoms with Gasteiger partial charge in [0, 0.05) is 5.69 Å². The van der Waals surface area contributed by atoms with Gasteiger partial charge in [-0.3, -0.25) is 0 Å². The molecule has 1 atom stereocenters. The number of hydrogen-bond donors (Lipinski definition) is 1. The molecule has 0 bridgehead atoms. The second-order valence-corrected chi connectivity index (χ2v) is 4.80. The Morgan fingerprint density at radius 2 is 1.76 bits per heavy atom. The van der Waals surface area contributed by atoms with Gasteiger partial charge < -0.3 is 5.32 Å². The first-order valence-corrected chi connectivity index (χ1v) is 6.24. The normalized spacial score (nSPS) is 18.3. The molecule has 17 heavy (non-hydrogen) atoms. The van der Waals surface area contributed by atoms with Crippen molar-refractivity contribution in [1.82, 2.24) is 0 Å². The lowest BCUT2D eigenvalue weighted by atomic mass is 9.93. The fourth-order valence-corrected chi connectivity index (χ4v) is 2.49. The molecule has 86 valence electrons. The van der Waals surface area contributed by atoms with E-state index in [1.807, 2.05) is 0 Å². The second kappa shape index (κ2) is 4.25. The van der Waals surface area contributed by atoms with Gasteiger partial charge in [-0.25, -0.2) is 0 Å². The van der Waals surface area contributed by atoms with Crippen LogP contribution in [0.15, 0.2) is 48.5 Å². The van der Waals surface area contributed by atoms with E-state index in [1.165, 1.54) is 35.2 Å². The third kappa shape index (κ3) is 2.05. The van der Waals surface area contributed by atoms with E-state index >= 15 is 0 Å². The van der Waals surface area contributed by atoms with E-state index in [2.05, 4.69) is 60.8 Å². The Morgan fingerprint density at radius 1 is 1.00 bits per heavy atom. The first-order valence-electron chi connectivity index (χ1n) is 6.24. The van der Waals surface area contributed by atoms with Crippen molar-refractivity contribution in [3.05, 3.63) is 65.2 Å². The van der Waals surface area contributed by atoms with E-state index in [4.69, 9.17) is 0 Å². The van der Waals surface area contributed by atoms with E-state index in [0.29, 0.717) is 6.04 Å². The lowest BCUT2D eigenvalue weighted by Crippen LogP contribution is -2.17. The number of aryl methyl sites for hydroxylation is 2. The number of rotatable bonds is 1. The molecule has 0 amide bonds. The molecule has 0 saturated carbocycles. The van der Waals surface area contributed by atoms with E-state index in [1.54, 1.807) is 0 Å². The van der Waals surface area contributed by atoms with Crippen molar-refractivity contribution in [2.75, 3.05) is 5.32 Å². The third-order valence-electron chi connectivity index (χ3n) is 3.53. The number of benzene rings is 2. The molecule has 1 aliphatic heterocycles. The molecular formula is C16H17N. The summed E-state index contributed by atoms with van der Waals surface area (Å²) in [5.74, 6) is 0. The molecule has 0 unspecified atom stereocenters. The van der Waals surface area contributed by atoms with Gasteiger partial charge in [0.05, 0.1) is 6.04 Å². The molecule has 0 saturated heterocycles. The zero-order valence-electron chi connectivity index (χ0n) is 10.1. The molecule has 0 aromatic heterocycles. The van der Waals surface area contributed by atoms with Crippen molar-refractivity contribution in [3.8, 4) is 0 Å². The van der Waals surface area contributed by atoms with Crippen molar-refractivity contribution < 1.29 is 0 Å². The molecule has 2 aromatic rings. The lowest BCUT2D eigenvalue weighted by Gasteiger charge is -2.27. The zero-order valence-corrected chi connectivity index (χ0v) is 10.1. The highest BCUT2D eigenvalue weighted by molar-refractivity contribution is 5.54. The summed E-state index contributed by atoms with van der Waals surface area (Å²) in [6.07, 6.45) is 2.35. The van der Waals surface area contributed by atoms with Crippen LogP contribution in [-0.2, 0) is 6.42 Å². The molecule has 0 aliphatic carbocycles. The zero-order chi connectivity index (χ0) is 11.7. The van der Waals surface area contributed by atoms with Gasteiger partial charge in [-0.1, -0.05) is 48.0 Å². The molecule has 1 heterocycles. The SMILES string of the molecule is Cc1ccc([C@@H]2CCc3ccccc3N2)cc1. The van der Waals surface area contributed by atoms with Crippen LogP contribution in [0.25, 0.3) is 0 Å². The van der Waals surface area contributed by atoms with E-state index in [0.717, 1.165) is 0 Å². The Kier molecular flexibility index (Phi) is 2.60. The summed E-state index contributed by atoms with van der Waals surface area (Å²) >= 11 is 0. The van der Waals surface area contributed by atoms with Gasteiger partial charge in [-0.05, 0) is 37.0 Å². The summed E-state index contributed by atoms with van der Waals surface area (Å²) < 4.78 is 0. The number of hydrogen-bond acceptors (Lipinski definition) is 1. The topological polar surface area (TPSA) is 12.0 Å². The summed E-state index contributed by atoms with van der Waals surface area (Å²) in [6, 6.07) is 17.9. The Hall–Kier alpha value is -1.76. The number of anilines is 1. The fraction of sp³-hybridized carbons (Fsp3) is 0.250. The number of fused-ring (bicyclic) bond motifs is 1. The molecule has 2 aromatic carbocycles. The highest BCUT2D eigenvalue weighted by atomic mass is 14.9. The van der Waals surface area contributed by atoms with Crippen LogP contribution in [0.3, 0.4) is 0 Å². The summed E-state index contributed by atoms with van der Waals surface area (Å²) in [5, 5.41) is 3.63. The maximum atomic E-state index is 3.63. The number of nitrogens with one attached hydrogen (secondary N) is 1. The first-order chi connectivity index (χ1) is 8.33. The Labute approximate surface area is 102 Å². The molecule has 0 spiro atoms. The van der Waals surface area contributed by atoms with Gasteiger partial charge in [0.25, 0.3) is 0 Å². The van der Waals surface area contributed by atoms with Crippen LogP contribution < -0.4 is 5.32 Å². The van der Waals surface area contributed by atoms with Crippen molar-refractivity contribution in [2.45, 2.75) is 25.8 Å². The van der Waals surface area contributed by atoms with E-state index < -0.39 is 0 Å². The highest BCUT2D eigenvalue weighted by Gasteiger charge is 2.18. The molecule has 1 heteroatoms. The van der Waals surface area contributed by atoms with Crippen LogP contribution >= 0.6 is 0 Å². The monoisotopic (exact) mass is 223 g/mol. The summed E-state index contributed by atoms with van der Waals surface area (Å²) in [6.45, 7) is 2.13. The molecule has 3 rings (SSSR count). The minimum Gasteiger partial charge on any atom is -0.378 e. The van der Waals surface area contributed by atoms with Crippen LogP contribution in [0.2, 0.25) is 0 Å². The average Bonchev–Trinajstić information content (AvgIpc) is 2.39. The molecule has 0 fully saturated rings. The van der Waals surface area contributed by atoms with Gasteiger partial charge in [-0.2, -0.15) is 0 Å². The predicted octanol–water partition coefficient (Wildman–Crippen LogP) is 4.09. The second-order valence-electron chi connectivity index (χ2n) is 4.80. The van der Waals surface area contributed by atoms with Crippen molar-refractivity contribution in [2.24, 2.45) is 0 Å². The maximum Gasteiger partial charge on any atom is 0.0517 e. The van der Waals surface area contributed by atoms with Crippen LogP contribution in [0.1, 0.15) is 29.2 Å². The third-order valence-corrected chi connectivity index (χ3v) is 3.53. The summed E-state index contributed by atoms with van der Waals surface area (Å²) in [4.78, 5) is 0.